The Labute approximate surface area is 107 Å². The molecule has 3 heteroatoms. The van der Waals surface area contributed by atoms with Crippen molar-refractivity contribution in [1.29, 1.82) is 0 Å². The van der Waals surface area contributed by atoms with Crippen molar-refractivity contribution in [2.45, 2.75) is 39.2 Å². The van der Waals surface area contributed by atoms with Crippen LogP contribution in [0.25, 0.3) is 0 Å². The maximum atomic E-state index is 13.7. The van der Waals surface area contributed by atoms with Gasteiger partial charge in [-0.05, 0) is 43.1 Å². The molecule has 0 aromatic heterocycles. The predicted molar refractivity (Wildman–Crippen MR) is 67.0 cm³/mol. The molecule has 2 rings (SSSR count). The van der Waals surface area contributed by atoms with Gasteiger partial charge in [-0.1, -0.05) is 26.0 Å². The largest absolute Gasteiger partial charge is 0.388 e. The van der Waals surface area contributed by atoms with E-state index in [1.807, 2.05) is 0 Å². The quantitative estimate of drug-likeness (QED) is 0.843. The maximum absolute atomic E-state index is 13.7. The summed E-state index contributed by atoms with van der Waals surface area (Å²) in [6.07, 6.45) is 2.00. The molecule has 1 saturated carbocycles. The Kier molecular flexibility index (Phi) is 4.00. The number of hydrogen-bond donors (Lipinski definition) is 1. The Morgan fingerprint density at radius 2 is 1.72 bits per heavy atom. The molecule has 0 amide bonds. The van der Waals surface area contributed by atoms with E-state index in [-0.39, 0.29) is 11.5 Å². The van der Waals surface area contributed by atoms with Gasteiger partial charge in [-0.3, -0.25) is 0 Å². The predicted octanol–water partition coefficient (Wildman–Crippen LogP) is 4.07. The zero-order valence-electron chi connectivity index (χ0n) is 10.9. The SMILES string of the molecule is CC1CC(C)CC(C(O)c2cccc(F)c2F)C1. The molecule has 1 aromatic rings. The second kappa shape index (κ2) is 5.35. The first kappa shape index (κ1) is 13.5. The fourth-order valence-corrected chi connectivity index (χ4v) is 3.27. The van der Waals surface area contributed by atoms with Crippen LogP contribution in [-0.4, -0.2) is 5.11 Å². The minimum atomic E-state index is -0.907. The summed E-state index contributed by atoms with van der Waals surface area (Å²) in [6, 6.07) is 4.01. The molecule has 0 bridgehead atoms. The van der Waals surface area contributed by atoms with Crippen molar-refractivity contribution < 1.29 is 13.9 Å². The minimum absolute atomic E-state index is 0.0278. The normalized spacial score (nSPS) is 30.2. The molecule has 0 aliphatic heterocycles. The summed E-state index contributed by atoms with van der Waals surface area (Å²) in [4.78, 5) is 0. The molecular weight excluding hydrogens is 234 g/mol. The van der Waals surface area contributed by atoms with Crippen LogP contribution in [0.4, 0.5) is 8.78 Å². The van der Waals surface area contributed by atoms with Crippen LogP contribution in [0, 0.1) is 29.4 Å². The molecule has 1 aromatic carbocycles. The first-order valence-corrected chi connectivity index (χ1v) is 6.61. The molecule has 1 nitrogen and oxygen atoms in total. The smallest absolute Gasteiger partial charge is 0.164 e. The van der Waals surface area contributed by atoms with E-state index in [1.165, 1.54) is 12.1 Å². The molecule has 1 fully saturated rings. The maximum Gasteiger partial charge on any atom is 0.164 e. The third-order valence-electron chi connectivity index (χ3n) is 3.96. The zero-order chi connectivity index (χ0) is 13.3. The Bertz CT molecular complexity index is 409. The summed E-state index contributed by atoms with van der Waals surface area (Å²) in [5.74, 6) is -0.700. The molecule has 1 aliphatic carbocycles. The third-order valence-corrected chi connectivity index (χ3v) is 3.96. The number of hydrogen-bond acceptors (Lipinski definition) is 1. The van der Waals surface area contributed by atoms with Gasteiger partial charge in [0.15, 0.2) is 11.6 Å². The summed E-state index contributed by atoms with van der Waals surface area (Å²) in [5.41, 5.74) is 0.0984. The van der Waals surface area contributed by atoms with Gasteiger partial charge < -0.3 is 5.11 Å². The van der Waals surface area contributed by atoms with E-state index < -0.39 is 17.7 Å². The highest BCUT2D eigenvalue weighted by molar-refractivity contribution is 5.22. The van der Waals surface area contributed by atoms with Gasteiger partial charge in [0.25, 0.3) is 0 Å². The topological polar surface area (TPSA) is 20.2 Å². The summed E-state index contributed by atoms with van der Waals surface area (Å²) < 4.78 is 26.8. The fourth-order valence-electron chi connectivity index (χ4n) is 3.27. The number of aliphatic hydroxyl groups is 1. The van der Waals surface area contributed by atoms with Crippen LogP contribution in [0.1, 0.15) is 44.8 Å². The van der Waals surface area contributed by atoms with Crippen molar-refractivity contribution >= 4 is 0 Å². The first-order valence-electron chi connectivity index (χ1n) is 6.61. The van der Waals surface area contributed by atoms with Crippen LogP contribution in [0.5, 0.6) is 0 Å². The first-order chi connectivity index (χ1) is 8.49. The molecule has 3 unspecified atom stereocenters. The van der Waals surface area contributed by atoms with E-state index in [1.54, 1.807) is 0 Å². The number of aliphatic hydroxyl groups excluding tert-OH is 1. The van der Waals surface area contributed by atoms with Crippen LogP contribution in [0.3, 0.4) is 0 Å². The van der Waals surface area contributed by atoms with Crippen LogP contribution in [0.15, 0.2) is 18.2 Å². The van der Waals surface area contributed by atoms with Crippen molar-refractivity contribution in [3.8, 4) is 0 Å². The zero-order valence-corrected chi connectivity index (χ0v) is 10.9. The van der Waals surface area contributed by atoms with Gasteiger partial charge in [0.2, 0.25) is 0 Å². The van der Waals surface area contributed by atoms with Crippen LogP contribution in [-0.2, 0) is 0 Å². The molecule has 1 aliphatic rings. The molecule has 1 N–H and O–H groups in total. The van der Waals surface area contributed by atoms with E-state index in [2.05, 4.69) is 13.8 Å². The van der Waals surface area contributed by atoms with Crippen LogP contribution in [0.2, 0.25) is 0 Å². The lowest BCUT2D eigenvalue weighted by Gasteiger charge is -2.34. The highest BCUT2D eigenvalue weighted by Gasteiger charge is 2.31. The molecule has 18 heavy (non-hydrogen) atoms. The van der Waals surface area contributed by atoms with Gasteiger partial charge in [0.05, 0.1) is 6.10 Å². The molecular formula is C15H20F2O. The summed E-state index contributed by atoms with van der Waals surface area (Å²) in [6.45, 7) is 4.30. The van der Waals surface area contributed by atoms with Gasteiger partial charge >= 0.3 is 0 Å². The summed E-state index contributed by atoms with van der Waals surface area (Å²) in [5, 5.41) is 10.3. The molecule has 100 valence electrons. The monoisotopic (exact) mass is 254 g/mol. The van der Waals surface area contributed by atoms with E-state index in [4.69, 9.17) is 0 Å². The van der Waals surface area contributed by atoms with Crippen molar-refractivity contribution in [1.82, 2.24) is 0 Å². The number of halogens is 2. The van der Waals surface area contributed by atoms with E-state index in [9.17, 15) is 13.9 Å². The highest BCUT2D eigenvalue weighted by atomic mass is 19.2. The van der Waals surface area contributed by atoms with Gasteiger partial charge in [-0.15, -0.1) is 0 Å². The lowest BCUT2D eigenvalue weighted by atomic mass is 9.73. The third kappa shape index (κ3) is 2.72. The Balaban J connectivity index is 2.20. The Morgan fingerprint density at radius 1 is 1.11 bits per heavy atom. The second-order valence-corrected chi connectivity index (χ2v) is 5.77. The van der Waals surface area contributed by atoms with Gasteiger partial charge in [0.1, 0.15) is 0 Å². The molecule has 0 saturated heterocycles. The van der Waals surface area contributed by atoms with E-state index in [0.717, 1.165) is 25.3 Å². The number of benzene rings is 1. The highest BCUT2D eigenvalue weighted by Crippen LogP contribution is 2.40. The van der Waals surface area contributed by atoms with Crippen molar-refractivity contribution in [2.75, 3.05) is 0 Å². The van der Waals surface area contributed by atoms with Crippen molar-refractivity contribution in [3.05, 3.63) is 35.4 Å². The molecule has 0 spiro atoms. The Hall–Kier alpha value is -0.960. The molecule has 0 heterocycles. The van der Waals surface area contributed by atoms with E-state index in [0.29, 0.717) is 11.8 Å². The number of rotatable bonds is 2. The minimum Gasteiger partial charge on any atom is -0.388 e. The van der Waals surface area contributed by atoms with Gasteiger partial charge in [0, 0.05) is 5.56 Å². The molecule has 3 atom stereocenters. The lowest BCUT2D eigenvalue weighted by molar-refractivity contribution is 0.0522. The summed E-state index contributed by atoms with van der Waals surface area (Å²) in [7, 11) is 0. The van der Waals surface area contributed by atoms with Crippen LogP contribution < -0.4 is 0 Å². The standard InChI is InChI=1S/C15H20F2O/c1-9-6-10(2)8-11(7-9)15(18)12-4-3-5-13(16)14(12)17/h3-5,9-11,15,18H,6-8H2,1-2H3. The second-order valence-electron chi connectivity index (χ2n) is 5.77. The van der Waals surface area contributed by atoms with Gasteiger partial charge in [-0.2, -0.15) is 0 Å². The Morgan fingerprint density at radius 3 is 2.33 bits per heavy atom. The van der Waals surface area contributed by atoms with E-state index >= 15 is 0 Å². The van der Waals surface area contributed by atoms with Crippen molar-refractivity contribution in [3.63, 3.8) is 0 Å². The van der Waals surface area contributed by atoms with Gasteiger partial charge in [-0.25, -0.2) is 8.78 Å². The average molecular weight is 254 g/mol. The lowest BCUT2D eigenvalue weighted by Crippen LogP contribution is -2.25. The average Bonchev–Trinajstić information content (AvgIpc) is 2.30. The fraction of sp³-hybridized carbons (Fsp3) is 0.600. The van der Waals surface area contributed by atoms with Crippen LogP contribution >= 0.6 is 0 Å². The summed E-state index contributed by atoms with van der Waals surface area (Å²) >= 11 is 0. The molecule has 0 radical (unpaired) electrons. The van der Waals surface area contributed by atoms with Crippen molar-refractivity contribution in [2.24, 2.45) is 17.8 Å².